The van der Waals surface area contributed by atoms with E-state index < -0.39 is 0 Å². The minimum absolute atomic E-state index is 0.163. The van der Waals surface area contributed by atoms with Crippen LogP contribution in [0.5, 0.6) is 5.75 Å². The SMILES string of the molecule is C=C(C)C(=O)OC1(CC)C2CC3CC(C2)CC1C3.C=Cc1ccc(O)cc1. The van der Waals surface area contributed by atoms with Crippen LogP contribution in [0.3, 0.4) is 0 Å². The number of hydrogen-bond donors (Lipinski definition) is 1. The quantitative estimate of drug-likeness (QED) is 0.544. The predicted molar refractivity (Wildman–Crippen MR) is 109 cm³/mol. The van der Waals surface area contributed by atoms with Crippen LogP contribution in [0.4, 0.5) is 0 Å². The lowest BCUT2D eigenvalue weighted by atomic mass is 9.49. The molecule has 0 atom stereocenters. The van der Waals surface area contributed by atoms with E-state index in [0.717, 1.165) is 23.8 Å². The van der Waals surface area contributed by atoms with Gasteiger partial charge >= 0.3 is 5.97 Å². The van der Waals surface area contributed by atoms with Gasteiger partial charge in [-0.3, -0.25) is 0 Å². The van der Waals surface area contributed by atoms with Gasteiger partial charge in [0, 0.05) is 5.57 Å². The van der Waals surface area contributed by atoms with Gasteiger partial charge in [0.2, 0.25) is 0 Å². The Kier molecular flexibility index (Phi) is 5.78. The van der Waals surface area contributed by atoms with Crippen LogP contribution in [0.25, 0.3) is 6.08 Å². The number of esters is 1. The van der Waals surface area contributed by atoms with Gasteiger partial charge < -0.3 is 9.84 Å². The molecule has 3 nitrogen and oxygen atoms in total. The molecule has 0 radical (unpaired) electrons. The lowest BCUT2D eigenvalue weighted by Gasteiger charge is -2.60. The standard InChI is InChI=1S/C16H24O2.C8H8O/c1-4-16(18-15(17)10(2)3)13-6-11-5-12(8-13)9-14(16)7-11;1-2-7-3-5-8(9)6-4-7/h11-14H,2,4-9H2,1,3H3;2-6,9H,1H2. The van der Waals surface area contributed by atoms with Crippen LogP contribution < -0.4 is 0 Å². The molecule has 0 spiro atoms. The van der Waals surface area contributed by atoms with Gasteiger partial charge in [-0.1, -0.05) is 38.3 Å². The minimum atomic E-state index is -0.177. The highest BCUT2D eigenvalue weighted by molar-refractivity contribution is 5.87. The summed E-state index contributed by atoms with van der Waals surface area (Å²) in [4.78, 5) is 12.0. The van der Waals surface area contributed by atoms with E-state index in [1.807, 2.05) is 12.1 Å². The van der Waals surface area contributed by atoms with Crippen LogP contribution >= 0.6 is 0 Å². The molecule has 3 heteroatoms. The molecule has 1 aromatic carbocycles. The van der Waals surface area contributed by atoms with E-state index >= 15 is 0 Å². The van der Waals surface area contributed by atoms with E-state index in [1.165, 1.54) is 32.1 Å². The second kappa shape index (κ2) is 7.92. The van der Waals surface area contributed by atoms with E-state index in [1.54, 1.807) is 25.1 Å². The topological polar surface area (TPSA) is 46.5 Å². The highest BCUT2D eigenvalue weighted by atomic mass is 16.6. The minimum Gasteiger partial charge on any atom is -0.508 e. The summed E-state index contributed by atoms with van der Waals surface area (Å²) in [7, 11) is 0. The summed E-state index contributed by atoms with van der Waals surface area (Å²) in [5, 5.41) is 8.82. The van der Waals surface area contributed by atoms with Crippen molar-refractivity contribution in [1.82, 2.24) is 0 Å². The average molecular weight is 369 g/mol. The van der Waals surface area contributed by atoms with Crippen LogP contribution in [-0.2, 0) is 9.53 Å². The first-order valence-electron chi connectivity index (χ1n) is 10.2. The molecule has 0 aromatic heterocycles. The Hall–Kier alpha value is -2.03. The van der Waals surface area contributed by atoms with Crippen molar-refractivity contribution in [2.75, 3.05) is 0 Å². The molecule has 4 saturated carbocycles. The van der Waals surface area contributed by atoms with Crippen molar-refractivity contribution >= 4 is 12.0 Å². The van der Waals surface area contributed by atoms with Crippen LogP contribution in [-0.4, -0.2) is 16.7 Å². The molecule has 1 aromatic rings. The van der Waals surface area contributed by atoms with E-state index in [4.69, 9.17) is 9.84 Å². The van der Waals surface area contributed by atoms with Gasteiger partial charge in [-0.25, -0.2) is 4.79 Å². The summed E-state index contributed by atoms with van der Waals surface area (Å²) in [6.07, 6.45) is 9.27. The van der Waals surface area contributed by atoms with Gasteiger partial charge in [0.25, 0.3) is 0 Å². The van der Waals surface area contributed by atoms with Crippen molar-refractivity contribution in [2.45, 2.75) is 58.0 Å². The summed E-state index contributed by atoms with van der Waals surface area (Å²) >= 11 is 0. The largest absolute Gasteiger partial charge is 0.508 e. The van der Waals surface area contributed by atoms with Gasteiger partial charge in [-0.2, -0.15) is 0 Å². The Balaban J connectivity index is 0.000000197. The second-order valence-electron chi connectivity index (χ2n) is 8.58. The maximum Gasteiger partial charge on any atom is 0.333 e. The molecule has 0 unspecified atom stereocenters. The molecule has 0 saturated heterocycles. The van der Waals surface area contributed by atoms with Gasteiger partial charge in [0.1, 0.15) is 11.4 Å². The van der Waals surface area contributed by atoms with Gasteiger partial charge in [0.05, 0.1) is 0 Å². The zero-order chi connectivity index (χ0) is 19.6. The maximum atomic E-state index is 12.0. The molecular formula is C24H32O3. The molecule has 27 heavy (non-hydrogen) atoms. The van der Waals surface area contributed by atoms with Crippen molar-refractivity contribution in [3.63, 3.8) is 0 Å². The molecule has 4 aliphatic rings. The number of aromatic hydroxyl groups is 1. The van der Waals surface area contributed by atoms with Gasteiger partial charge in [-0.05, 0) is 86.8 Å². The summed E-state index contributed by atoms with van der Waals surface area (Å²) < 4.78 is 5.99. The molecule has 0 amide bonds. The van der Waals surface area contributed by atoms with E-state index in [0.29, 0.717) is 23.2 Å². The first kappa shape index (κ1) is 19.7. The van der Waals surface area contributed by atoms with Crippen LogP contribution in [0.15, 0.2) is 43.0 Å². The molecule has 5 rings (SSSR count). The molecule has 1 N–H and O–H groups in total. The lowest BCUT2D eigenvalue weighted by molar-refractivity contribution is -0.207. The third kappa shape index (κ3) is 3.97. The highest BCUT2D eigenvalue weighted by Gasteiger charge is 2.58. The van der Waals surface area contributed by atoms with E-state index in [-0.39, 0.29) is 11.6 Å². The van der Waals surface area contributed by atoms with E-state index in [2.05, 4.69) is 20.1 Å². The monoisotopic (exact) mass is 368 g/mol. The molecule has 0 heterocycles. The van der Waals surface area contributed by atoms with Gasteiger partial charge in [0.15, 0.2) is 0 Å². The van der Waals surface area contributed by atoms with Crippen molar-refractivity contribution in [2.24, 2.45) is 23.7 Å². The summed E-state index contributed by atoms with van der Waals surface area (Å²) in [6.45, 7) is 11.2. The molecule has 4 bridgehead atoms. The number of phenolic OH excluding ortho intramolecular Hbond substituents is 1. The molecular weight excluding hydrogens is 336 g/mol. The van der Waals surface area contributed by atoms with Crippen molar-refractivity contribution in [3.8, 4) is 5.75 Å². The number of hydrogen-bond acceptors (Lipinski definition) is 3. The van der Waals surface area contributed by atoms with Crippen molar-refractivity contribution in [1.29, 1.82) is 0 Å². The normalized spacial score (nSPS) is 33.0. The summed E-state index contributed by atoms with van der Waals surface area (Å²) in [5.74, 6) is 3.17. The van der Waals surface area contributed by atoms with Crippen LogP contribution in [0, 0.1) is 23.7 Å². The third-order valence-electron chi connectivity index (χ3n) is 6.83. The highest BCUT2D eigenvalue weighted by Crippen LogP contribution is 2.60. The first-order chi connectivity index (χ1) is 12.9. The maximum absolute atomic E-state index is 12.0. The second-order valence-corrected chi connectivity index (χ2v) is 8.58. The fourth-order valence-electron chi connectivity index (χ4n) is 5.67. The number of carbonyl (C=O) groups excluding carboxylic acids is 1. The zero-order valence-corrected chi connectivity index (χ0v) is 16.6. The fourth-order valence-corrected chi connectivity index (χ4v) is 5.67. The average Bonchev–Trinajstić information content (AvgIpc) is 2.65. The fraction of sp³-hybridized carbons (Fsp3) is 0.542. The number of phenols is 1. The van der Waals surface area contributed by atoms with Gasteiger partial charge in [-0.15, -0.1) is 0 Å². The Morgan fingerprint density at radius 1 is 1.15 bits per heavy atom. The summed E-state index contributed by atoms with van der Waals surface area (Å²) in [6, 6.07) is 6.89. The number of benzene rings is 1. The molecule has 146 valence electrons. The summed E-state index contributed by atoms with van der Waals surface area (Å²) in [5.41, 5.74) is 1.40. The first-order valence-corrected chi connectivity index (χ1v) is 10.2. The third-order valence-corrected chi connectivity index (χ3v) is 6.83. The predicted octanol–water partition coefficient (Wildman–Crippen LogP) is 5.75. The molecule has 4 fully saturated rings. The lowest BCUT2D eigenvalue weighted by Crippen LogP contribution is -2.59. The smallest absolute Gasteiger partial charge is 0.333 e. The molecule has 4 aliphatic carbocycles. The Bertz CT molecular complexity index is 673. The van der Waals surface area contributed by atoms with E-state index in [9.17, 15) is 4.79 Å². The zero-order valence-electron chi connectivity index (χ0n) is 16.6. The Morgan fingerprint density at radius 3 is 2.07 bits per heavy atom. The Morgan fingerprint density at radius 2 is 1.67 bits per heavy atom. The Labute approximate surface area is 163 Å². The number of carbonyl (C=O) groups is 1. The van der Waals surface area contributed by atoms with Crippen molar-refractivity contribution in [3.05, 3.63) is 48.6 Å². The molecule has 0 aliphatic heterocycles. The number of rotatable bonds is 4. The number of ether oxygens (including phenoxy) is 1. The van der Waals surface area contributed by atoms with Crippen molar-refractivity contribution < 1.29 is 14.6 Å². The van der Waals surface area contributed by atoms with Crippen LogP contribution in [0.2, 0.25) is 0 Å². The van der Waals surface area contributed by atoms with Crippen LogP contribution in [0.1, 0.15) is 57.9 Å².